The predicted octanol–water partition coefficient (Wildman–Crippen LogP) is 4.74. The molecule has 1 rings (SSSR count). The minimum Gasteiger partial charge on any atom is -0.318 e. The average Bonchev–Trinajstić information content (AvgIpc) is 2.50. The normalized spacial score (nSPS) is 26.5. The number of nitrogens with zero attached hydrogens (tertiary/aromatic N) is 1. The maximum absolute atomic E-state index is 13.4. The molecule has 25 heavy (non-hydrogen) atoms. The molecule has 0 unspecified atom stereocenters. The second-order valence-electron chi connectivity index (χ2n) is 4.46. The Bertz CT molecular complexity index is 555. The highest BCUT2D eigenvalue weighted by molar-refractivity contribution is 5.21. The van der Waals surface area contributed by atoms with E-state index in [0.29, 0.717) is 0 Å². The maximum Gasteiger partial charge on any atom is 0.412 e. The lowest BCUT2D eigenvalue weighted by Crippen LogP contribution is -2.59. The summed E-state index contributed by atoms with van der Waals surface area (Å²) in [5, 5.41) is 0. The van der Waals surface area contributed by atoms with E-state index < -0.39 is 52.6 Å². The highest BCUT2D eigenvalue weighted by Crippen LogP contribution is 2.66. The van der Waals surface area contributed by atoms with Crippen molar-refractivity contribution in [1.29, 1.82) is 0 Å². The number of hydrogen-bond donors (Lipinski definition) is 0. The Balaban J connectivity index is 3.70. The molecule has 0 bridgehead atoms. The summed E-state index contributed by atoms with van der Waals surface area (Å²) in [5.41, 5.74) is 0. The van der Waals surface area contributed by atoms with E-state index in [4.69, 9.17) is 0 Å². The quantitative estimate of drug-likeness (QED) is 0.493. The van der Waals surface area contributed by atoms with Crippen molar-refractivity contribution in [1.82, 2.24) is 4.90 Å². The van der Waals surface area contributed by atoms with Crippen molar-refractivity contribution >= 4 is 0 Å². The molecule has 0 aliphatic carbocycles. The van der Waals surface area contributed by atoms with E-state index >= 15 is 0 Å². The van der Waals surface area contributed by atoms with Crippen molar-refractivity contribution in [2.45, 2.75) is 36.1 Å². The summed E-state index contributed by atoms with van der Waals surface area (Å²) in [6.45, 7) is 0. The van der Waals surface area contributed by atoms with Gasteiger partial charge in [-0.25, -0.2) is 4.39 Å². The monoisotopic (exact) mass is 407 g/mol. The van der Waals surface area contributed by atoms with E-state index in [9.17, 15) is 61.5 Å². The fourth-order valence-electron chi connectivity index (χ4n) is 1.64. The Morgan fingerprint density at radius 1 is 0.720 bits per heavy atom. The molecule has 16 heteroatoms. The van der Waals surface area contributed by atoms with Gasteiger partial charge < -0.3 is 4.74 Å². The summed E-state index contributed by atoms with van der Waals surface area (Å²) in [6.07, 6.45) is -5.64. The summed E-state index contributed by atoms with van der Waals surface area (Å²) >= 11 is 0. The van der Waals surface area contributed by atoms with Crippen molar-refractivity contribution in [2.24, 2.45) is 0 Å². The molecule has 0 saturated carbocycles. The SMILES string of the molecule is COC(F)(F)/C(F)=C(\F)C(F)(F)N1C(F)(F)C(F)(F)C(F)(F)C1(F)F. The Morgan fingerprint density at radius 3 is 1.32 bits per heavy atom. The topological polar surface area (TPSA) is 12.5 Å². The minimum atomic E-state index is -7.20. The number of alkyl halides is 12. The standard InChI is InChI=1S/C9H3F14NO/c1-25-5(14,15)3(11)2(10)4(12,13)24-8(20,21)6(16,17)7(18,19)9(24,22)23/h1H3/b3-2+. The van der Waals surface area contributed by atoms with Crippen LogP contribution in [0.4, 0.5) is 61.5 Å². The third-order valence-electron chi connectivity index (χ3n) is 2.96. The van der Waals surface area contributed by atoms with Gasteiger partial charge in [-0.2, -0.15) is 57.1 Å². The molecule has 1 heterocycles. The number of ether oxygens (including phenoxy) is 1. The Labute approximate surface area is 127 Å². The lowest BCUT2D eigenvalue weighted by Gasteiger charge is -2.33. The number of halogens is 14. The molecule has 0 atom stereocenters. The van der Waals surface area contributed by atoms with Crippen molar-refractivity contribution < 1.29 is 66.2 Å². The summed E-state index contributed by atoms with van der Waals surface area (Å²) in [4.78, 5) is -3.67. The summed E-state index contributed by atoms with van der Waals surface area (Å²) in [6, 6.07) is -21.4. The van der Waals surface area contributed by atoms with Gasteiger partial charge >= 0.3 is 36.1 Å². The second-order valence-corrected chi connectivity index (χ2v) is 4.46. The van der Waals surface area contributed by atoms with Gasteiger partial charge in [-0.3, -0.25) is 0 Å². The van der Waals surface area contributed by atoms with Crippen LogP contribution >= 0.6 is 0 Å². The van der Waals surface area contributed by atoms with Crippen LogP contribution < -0.4 is 0 Å². The lowest BCUT2D eigenvalue weighted by atomic mass is 10.2. The zero-order valence-electron chi connectivity index (χ0n) is 11.1. The molecule has 0 N–H and O–H groups in total. The van der Waals surface area contributed by atoms with Crippen molar-refractivity contribution in [3.8, 4) is 0 Å². The van der Waals surface area contributed by atoms with Crippen molar-refractivity contribution in [3.63, 3.8) is 0 Å². The van der Waals surface area contributed by atoms with Crippen molar-refractivity contribution in [2.75, 3.05) is 7.11 Å². The van der Waals surface area contributed by atoms with Crippen LogP contribution in [0, 0.1) is 0 Å². The maximum atomic E-state index is 13.4. The van der Waals surface area contributed by atoms with Gasteiger partial charge in [-0.1, -0.05) is 0 Å². The van der Waals surface area contributed by atoms with E-state index in [0.717, 1.165) is 0 Å². The van der Waals surface area contributed by atoms with E-state index in [1.54, 1.807) is 0 Å². The van der Waals surface area contributed by atoms with Gasteiger partial charge in [0.2, 0.25) is 11.7 Å². The molecule has 0 amide bonds. The smallest absolute Gasteiger partial charge is 0.318 e. The first kappa shape index (κ1) is 21.7. The number of likely N-dealkylation sites (tertiary alicyclic amines) is 1. The predicted molar refractivity (Wildman–Crippen MR) is 47.8 cm³/mol. The number of rotatable bonds is 4. The molecule has 0 spiro atoms. The lowest BCUT2D eigenvalue weighted by molar-refractivity contribution is -0.356. The third-order valence-corrected chi connectivity index (χ3v) is 2.96. The van der Waals surface area contributed by atoms with Crippen LogP contribution in [0.2, 0.25) is 0 Å². The third kappa shape index (κ3) is 2.47. The molecule has 1 fully saturated rings. The number of methoxy groups -OCH3 is 1. The Hall–Kier alpha value is -1.32. The second kappa shape index (κ2) is 5.34. The molecule has 0 aromatic heterocycles. The van der Waals surface area contributed by atoms with E-state index in [1.165, 1.54) is 0 Å². The fourth-order valence-corrected chi connectivity index (χ4v) is 1.64. The number of hydrogen-bond acceptors (Lipinski definition) is 2. The van der Waals surface area contributed by atoms with Crippen LogP contribution in [0.25, 0.3) is 0 Å². The van der Waals surface area contributed by atoms with Crippen LogP contribution in [-0.4, -0.2) is 48.1 Å². The van der Waals surface area contributed by atoms with Crippen molar-refractivity contribution in [3.05, 3.63) is 11.7 Å². The van der Waals surface area contributed by atoms with E-state index in [2.05, 4.69) is 4.74 Å². The van der Waals surface area contributed by atoms with Gasteiger partial charge in [0.15, 0.2) is 0 Å². The molecule has 2 nitrogen and oxygen atoms in total. The van der Waals surface area contributed by atoms with Gasteiger partial charge in [0.05, 0.1) is 0 Å². The van der Waals surface area contributed by atoms with E-state index in [-0.39, 0.29) is 7.11 Å². The highest BCUT2D eigenvalue weighted by atomic mass is 19.4. The van der Waals surface area contributed by atoms with Gasteiger partial charge in [0.1, 0.15) is 0 Å². The molecule has 0 aromatic carbocycles. The first-order chi connectivity index (χ1) is 10.7. The first-order valence-electron chi connectivity index (χ1n) is 5.43. The largest absolute Gasteiger partial charge is 0.412 e. The average molecular weight is 407 g/mol. The fraction of sp³-hybridized carbons (Fsp3) is 0.778. The van der Waals surface area contributed by atoms with Gasteiger partial charge in [-0.15, -0.1) is 4.90 Å². The Kier molecular flexibility index (Phi) is 4.64. The Morgan fingerprint density at radius 2 is 1.04 bits per heavy atom. The first-order valence-corrected chi connectivity index (χ1v) is 5.43. The van der Waals surface area contributed by atoms with Gasteiger partial charge in [-0.05, 0) is 0 Å². The molecule has 148 valence electrons. The van der Waals surface area contributed by atoms with Gasteiger partial charge in [0.25, 0.3) is 0 Å². The van der Waals surface area contributed by atoms with Crippen LogP contribution in [0.1, 0.15) is 0 Å². The molecule has 0 aromatic rings. The van der Waals surface area contributed by atoms with E-state index in [1.807, 2.05) is 0 Å². The zero-order chi connectivity index (χ0) is 20.4. The molecule has 1 aliphatic heterocycles. The van der Waals surface area contributed by atoms with Crippen LogP contribution in [-0.2, 0) is 4.74 Å². The van der Waals surface area contributed by atoms with Crippen LogP contribution in [0.3, 0.4) is 0 Å². The zero-order valence-corrected chi connectivity index (χ0v) is 11.1. The summed E-state index contributed by atoms with van der Waals surface area (Å²) < 4.78 is 184. The summed E-state index contributed by atoms with van der Waals surface area (Å²) in [5.74, 6) is -22.9. The van der Waals surface area contributed by atoms with Crippen LogP contribution in [0.15, 0.2) is 11.7 Å². The van der Waals surface area contributed by atoms with Crippen LogP contribution in [0.5, 0.6) is 0 Å². The molecular weight excluding hydrogens is 404 g/mol. The van der Waals surface area contributed by atoms with Gasteiger partial charge in [0, 0.05) is 7.11 Å². The minimum absolute atomic E-state index is 0.133. The molecule has 0 radical (unpaired) electrons. The summed E-state index contributed by atoms with van der Waals surface area (Å²) in [7, 11) is -0.133. The molecular formula is C9H3F14NO. The molecule has 1 saturated heterocycles. The highest BCUT2D eigenvalue weighted by Gasteiger charge is 2.96. The molecule has 1 aliphatic rings.